The van der Waals surface area contributed by atoms with Crippen molar-refractivity contribution >= 4 is 0 Å². The van der Waals surface area contributed by atoms with Gasteiger partial charge in [0.25, 0.3) is 0 Å². The third-order valence-corrected chi connectivity index (χ3v) is 5.33. The zero-order valence-corrected chi connectivity index (χ0v) is 11.9. The van der Waals surface area contributed by atoms with Crippen molar-refractivity contribution in [2.24, 2.45) is 17.1 Å². The van der Waals surface area contributed by atoms with Gasteiger partial charge < -0.3 is 15.6 Å². The van der Waals surface area contributed by atoms with Crippen LogP contribution in [-0.4, -0.2) is 30.0 Å². The summed E-state index contributed by atoms with van der Waals surface area (Å²) >= 11 is 0. The van der Waals surface area contributed by atoms with Crippen molar-refractivity contribution in [2.45, 2.75) is 77.1 Å². The molecule has 0 amide bonds. The lowest BCUT2D eigenvalue weighted by molar-refractivity contribution is -0.102. The number of hydrogen-bond acceptors (Lipinski definition) is 3. The van der Waals surface area contributed by atoms with Gasteiger partial charge >= 0.3 is 0 Å². The molecule has 3 heteroatoms. The molecule has 3 unspecified atom stereocenters. The van der Waals surface area contributed by atoms with Gasteiger partial charge in [0.1, 0.15) is 0 Å². The SMILES string of the molecule is CCC1CCC(CN)(C(O)C2CCC(C)O2)CC1. The Hall–Kier alpha value is -0.120. The Balaban J connectivity index is 1.99. The predicted molar refractivity (Wildman–Crippen MR) is 73.3 cm³/mol. The summed E-state index contributed by atoms with van der Waals surface area (Å²) in [5, 5.41) is 10.7. The first kappa shape index (κ1) is 14.3. The molecule has 1 saturated carbocycles. The van der Waals surface area contributed by atoms with Gasteiger partial charge in [0.15, 0.2) is 0 Å². The first-order valence-corrected chi connectivity index (χ1v) is 7.65. The molecule has 0 aromatic heterocycles. The molecular weight excluding hydrogens is 226 g/mol. The molecule has 2 aliphatic rings. The summed E-state index contributed by atoms with van der Waals surface area (Å²) < 4.78 is 5.85. The average Bonchev–Trinajstić information content (AvgIpc) is 2.84. The Labute approximate surface area is 111 Å². The number of aliphatic hydroxyl groups is 1. The number of hydrogen-bond donors (Lipinski definition) is 2. The fourth-order valence-electron chi connectivity index (χ4n) is 3.74. The van der Waals surface area contributed by atoms with Crippen molar-refractivity contribution in [1.82, 2.24) is 0 Å². The minimum Gasteiger partial charge on any atom is -0.390 e. The van der Waals surface area contributed by atoms with E-state index in [1.807, 2.05) is 0 Å². The van der Waals surface area contributed by atoms with Gasteiger partial charge in [-0.05, 0) is 51.4 Å². The van der Waals surface area contributed by atoms with Crippen molar-refractivity contribution in [3.8, 4) is 0 Å². The zero-order chi connectivity index (χ0) is 13.2. The summed E-state index contributed by atoms with van der Waals surface area (Å²) in [7, 11) is 0. The second-order valence-electron chi connectivity index (χ2n) is 6.43. The minimum atomic E-state index is -0.370. The van der Waals surface area contributed by atoms with Crippen LogP contribution in [-0.2, 0) is 4.74 Å². The topological polar surface area (TPSA) is 55.5 Å². The Kier molecular flexibility index (Phi) is 4.68. The van der Waals surface area contributed by atoms with Crippen molar-refractivity contribution in [3.05, 3.63) is 0 Å². The molecule has 106 valence electrons. The summed E-state index contributed by atoms with van der Waals surface area (Å²) in [4.78, 5) is 0. The van der Waals surface area contributed by atoms with Gasteiger partial charge in [0.2, 0.25) is 0 Å². The number of ether oxygens (including phenoxy) is 1. The standard InChI is InChI=1S/C15H29NO2/c1-3-12-6-8-15(10-16,9-7-12)14(17)13-5-4-11(2)18-13/h11-14,17H,3-10,16H2,1-2H3. The summed E-state index contributed by atoms with van der Waals surface area (Å²) in [6.07, 6.45) is 7.82. The molecule has 0 radical (unpaired) electrons. The maximum absolute atomic E-state index is 10.7. The highest BCUT2D eigenvalue weighted by atomic mass is 16.5. The van der Waals surface area contributed by atoms with E-state index in [2.05, 4.69) is 13.8 Å². The van der Waals surface area contributed by atoms with Crippen LogP contribution in [0.3, 0.4) is 0 Å². The Morgan fingerprint density at radius 1 is 1.28 bits per heavy atom. The molecule has 0 aromatic carbocycles. The van der Waals surface area contributed by atoms with E-state index in [9.17, 15) is 5.11 Å². The molecular formula is C15H29NO2. The zero-order valence-electron chi connectivity index (χ0n) is 11.9. The van der Waals surface area contributed by atoms with Crippen LogP contribution in [0.1, 0.15) is 58.8 Å². The van der Waals surface area contributed by atoms with Gasteiger partial charge in [-0.25, -0.2) is 0 Å². The maximum atomic E-state index is 10.7. The second-order valence-corrected chi connectivity index (χ2v) is 6.43. The molecule has 2 rings (SSSR count). The second kappa shape index (κ2) is 5.89. The van der Waals surface area contributed by atoms with Crippen LogP contribution in [0, 0.1) is 11.3 Å². The van der Waals surface area contributed by atoms with E-state index in [1.165, 1.54) is 19.3 Å². The number of aliphatic hydroxyl groups excluding tert-OH is 1. The largest absolute Gasteiger partial charge is 0.390 e. The number of nitrogens with two attached hydrogens (primary N) is 1. The van der Waals surface area contributed by atoms with Gasteiger partial charge in [0.05, 0.1) is 18.3 Å². The first-order chi connectivity index (χ1) is 8.61. The molecule has 2 fully saturated rings. The van der Waals surface area contributed by atoms with Crippen LogP contribution in [0.4, 0.5) is 0 Å². The summed E-state index contributed by atoms with van der Waals surface area (Å²) in [6, 6.07) is 0. The normalized spacial score (nSPS) is 43.0. The summed E-state index contributed by atoms with van der Waals surface area (Å²) in [5.41, 5.74) is 5.93. The van der Waals surface area contributed by atoms with Crippen LogP contribution in [0.15, 0.2) is 0 Å². The fraction of sp³-hybridized carbons (Fsp3) is 1.00. The van der Waals surface area contributed by atoms with Crippen LogP contribution in [0.25, 0.3) is 0 Å². The molecule has 18 heavy (non-hydrogen) atoms. The molecule has 0 bridgehead atoms. The smallest absolute Gasteiger partial charge is 0.0870 e. The molecule has 0 spiro atoms. The molecule has 3 N–H and O–H groups in total. The van der Waals surface area contributed by atoms with Gasteiger partial charge in [-0.1, -0.05) is 13.3 Å². The lowest BCUT2D eigenvalue weighted by Crippen LogP contribution is -2.50. The Bertz CT molecular complexity index is 261. The highest BCUT2D eigenvalue weighted by Crippen LogP contribution is 2.44. The minimum absolute atomic E-state index is 0.0155. The van der Waals surface area contributed by atoms with E-state index in [4.69, 9.17) is 10.5 Å². The Morgan fingerprint density at radius 3 is 2.39 bits per heavy atom. The van der Waals surface area contributed by atoms with E-state index >= 15 is 0 Å². The van der Waals surface area contributed by atoms with Crippen molar-refractivity contribution in [2.75, 3.05) is 6.54 Å². The lowest BCUT2D eigenvalue weighted by Gasteiger charge is -2.44. The van der Waals surface area contributed by atoms with E-state index in [0.29, 0.717) is 12.6 Å². The maximum Gasteiger partial charge on any atom is 0.0870 e. The highest BCUT2D eigenvalue weighted by Gasteiger charge is 2.45. The highest BCUT2D eigenvalue weighted by molar-refractivity contribution is 4.96. The quantitative estimate of drug-likeness (QED) is 0.811. The van der Waals surface area contributed by atoms with Crippen LogP contribution in [0.2, 0.25) is 0 Å². The van der Waals surface area contributed by atoms with Gasteiger partial charge in [0, 0.05) is 12.0 Å². The summed E-state index contributed by atoms with van der Waals surface area (Å²) in [6.45, 7) is 4.95. The predicted octanol–water partition coefficient (Wildman–Crippen LogP) is 2.46. The van der Waals surface area contributed by atoms with Gasteiger partial charge in [-0.2, -0.15) is 0 Å². The van der Waals surface area contributed by atoms with E-state index in [0.717, 1.165) is 31.6 Å². The van der Waals surface area contributed by atoms with Crippen molar-refractivity contribution < 1.29 is 9.84 Å². The fourth-order valence-corrected chi connectivity index (χ4v) is 3.74. The monoisotopic (exact) mass is 255 g/mol. The van der Waals surface area contributed by atoms with Crippen molar-refractivity contribution in [1.29, 1.82) is 0 Å². The van der Waals surface area contributed by atoms with E-state index < -0.39 is 0 Å². The molecule has 3 nitrogen and oxygen atoms in total. The summed E-state index contributed by atoms with van der Waals surface area (Å²) in [5.74, 6) is 0.834. The molecule has 1 saturated heterocycles. The molecule has 1 aliphatic heterocycles. The molecule has 3 atom stereocenters. The average molecular weight is 255 g/mol. The first-order valence-electron chi connectivity index (χ1n) is 7.65. The van der Waals surface area contributed by atoms with Gasteiger partial charge in [-0.15, -0.1) is 0 Å². The molecule has 1 aliphatic carbocycles. The third kappa shape index (κ3) is 2.73. The third-order valence-electron chi connectivity index (χ3n) is 5.33. The molecule has 1 heterocycles. The van der Waals surface area contributed by atoms with Crippen LogP contribution >= 0.6 is 0 Å². The Morgan fingerprint density at radius 2 is 1.94 bits per heavy atom. The van der Waals surface area contributed by atoms with Crippen molar-refractivity contribution in [3.63, 3.8) is 0 Å². The van der Waals surface area contributed by atoms with Crippen LogP contribution < -0.4 is 5.73 Å². The number of rotatable bonds is 4. The lowest BCUT2D eigenvalue weighted by atomic mass is 9.65. The van der Waals surface area contributed by atoms with E-state index in [-0.39, 0.29) is 17.6 Å². The van der Waals surface area contributed by atoms with Gasteiger partial charge in [-0.3, -0.25) is 0 Å². The molecule has 0 aromatic rings. The van der Waals surface area contributed by atoms with E-state index in [1.54, 1.807) is 0 Å². The van der Waals surface area contributed by atoms with Crippen LogP contribution in [0.5, 0.6) is 0 Å².